The molecule has 22 nitrogen and oxygen atoms in total. The van der Waals surface area contributed by atoms with Crippen LogP contribution >= 0.6 is 0 Å². The molecule has 66 heavy (non-hydrogen) atoms. The van der Waals surface area contributed by atoms with Gasteiger partial charge in [-0.1, -0.05) is 36.4 Å². The standard InChI is InChI=1S/C20H19FN8O2.C19H17FN8O2.C3H7NO/c1-28(20(30)31-2)15-16(22)25-18(26-17(15)23)14-12-7-5-9-24-19(12)29(27-14)10-11-6-3-4-8-13(11)21;1-30-19(29)24-14-15(21)25-17(26-16(14)22)13-11-6-4-8-23-18(11)28(27-13)9-10-5-2-3-7-12(10)20;1-4(2)3-5/h3-9H,10H2,1-2H3,(H4,22,23,25,26);2-8H,9H2,1H3,(H,24,29)(H4,21,22,25,26);3H,1-2H3. The summed E-state index contributed by atoms with van der Waals surface area (Å²) >= 11 is 0. The Morgan fingerprint density at radius 1 is 0.667 bits per heavy atom. The number of rotatable bonds is 9. The first-order valence-electron chi connectivity index (χ1n) is 19.4. The first-order chi connectivity index (χ1) is 31.6. The van der Waals surface area contributed by atoms with E-state index in [0.29, 0.717) is 44.6 Å². The van der Waals surface area contributed by atoms with Gasteiger partial charge in [0.2, 0.25) is 6.41 Å². The molecule has 8 aromatic rings. The maximum Gasteiger partial charge on any atom is 0.413 e. The van der Waals surface area contributed by atoms with Crippen LogP contribution in [0.3, 0.4) is 0 Å². The zero-order valence-corrected chi connectivity index (χ0v) is 36.0. The van der Waals surface area contributed by atoms with E-state index in [1.807, 2.05) is 0 Å². The first-order valence-corrected chi connectivity index (χ1v) is 19.4. The van der Waals surface area contributed by atoms with Gasteiger partial charge in [-0.2, -0.15) is 10.2 Å². The minimum absolute atomic E-state index is 0.0175. The summed E-state index contributed by atoms with van der Waals surface area (Å²) in [5.74, 6) is -0.530. The van der Waals surface area contributed by atoms with Gasteiger partial charge in [-0.05, 0) is 36.4 Å². The number of amides is 3. The predicted octanol–water partition coefficient (Wildman–Crippen LogP) is 4.57. The van der Waals surface area contributed by atoms with Crippen LogP contribution in [-0.4, -0.2) is 108 Å². The molecular weight excluding hydrogens is 861 g/mol. The number of nitrogens with one attached hydrogen (secondary N) is 1. The van der Waals surface area contributed by atoms with Crippen molar-refractivity contribution in [1.29, 1.82) is 0 Å². The van der Waals surface area contributed by atoms with Gasteiger partial charge >= 0.3 is 12.2 Å². The third-order valence-corrected chi connectivity index (χ3v) is 9.30. The maximum absolute atomic E-state index is 14.2. The quantitative estimate of drug-likeness (QED) is 0.124. The average Bonchev–Trinajstić information content (AvgIpc) is 3.87. The number of hydrogen-bond acceptors (Lipinski definition) is 17. The van der Waals surface area contributed by atoms with Crippen LogP contribution in [0.15, 0.2) is 85.2 Å². The maximum atomic E-state index is 14.2. The van der Waals surface area contributed by atoms with E-state index in [4.69, 9.17) is 22.9 Å². The molecule has 6 aromatic heterocycles. The lowest BCUT2D eigenvalue weighted by molar-refractivity contribution is -0.115. The van der Waals surface area contributed by atoms with Crippen LogP contribution in [0.1, 0.15) is 11.1 Å². The van der Waals surface area contributed by atoms with Crippen LogP contribution in [-0.2, 0) is 27.4 Å². The molecule has 24 heteroatoms. The fraction of sp³-hybridized carbons (Fsp3) is 0.167. The monoisotopic (exact) mass is 903 g/mol. The van der Waals surface area contributed by atoms with Gasteiger partial charge in [-0.25, -0.2) is 57.6 Å². The zero-order valence-electron chi connectivity index (χ0n) is 36.0. The summed E-state index contributed by atoms with van der Waals surface area (Å²) in [6.07, 6.45) is 2.55. The SMILES string of the molecule is CN(C)C=O.COC(=O)N(C)c1c(N)nc(-c2nn(Cc3ccccc3F)c3ncccc23)nc1N.COC(=O)Nc1c(N)nc(-c2nn(Cc3ccccc3F)c3ncccc23)nc1N. The lowest BCUT2D eigenvalue weighted by Gasteiger charge is -2.18. The van der Waals surface area contributed by atoms with Crippen LogP contribution in [0.4, 0.5) is 53.0 Å². The number of pyridine rings is 2. The van der Waals surface area contributed by atoms with Gasteiger partial charge in [-0.15, -0.1) is 0 Å². The Bertz CT molecular complexity index is 3010. The number of carbonyl (C=O) groups excluding carboxylic acids is 3. The van der Waals surface area contributed by atoms with Crippen molar-refractivity contribution in [2.75, 3.05) is 68.5 Å². The molecule has 0 bridgehead atoms. The number of nitrogens with two attached hydrogens (primary N) is 4. The van der Waals surface area contributed by atoms with E-state index in [9.17, 15) is 23.2 Å². The van der Waals surface area contributed by atoms with Crippen molar-refractivity contribution in [3.8, 4) is 23.0 Å². The Morgan fingerprint density at radius 2 is 1.09 bits per heavy atom. The number of fused-ring (bicyclic) bond motifs is 2. The topological polar surface area (TPSA) is 305 Å². The number of aromatic nitrogens is 10. The van der Waals surface area contributed by atoms with E-state index < -0.39 is 12.2 Å². The molecule has 6 heterocycles. The average molecular weight is 904 g/mol. The number of hydrogen-bond donors (Lipinski definition) is 5. The molecule has 0 radical (unpaired) electrons. The van der Waals surface area contributed by atoms with E-state index in [0.717, 1.165) is 11.3 Å². The molecule has 9 N–H and O–H groups in total. The second-order valence-electron chi connectivity index (χ2n) is 14.0. The van der Waals surface area contributed by atoms with Gasteiger partial charge in [-0.3, -0.25) is 15.0 Å². The van der Waals surface area contributed by atoms with Gasteiger partial charge in [0.25, 0.3) is 0 Å². The Morgan fingerprint density at radius 3 is 1.48 bits per heavy atom. The van der Waals surface area contributed by atoms with Gasteiger partial charge in [0, 0.05) is 44.7 Å². The number of benzene rings is 2. The summed E-state index contributed by atoms with van der Waals surface area (Å²) in [5.41, 5.74) is 26.9. The van der Waals surface area contributed by atoms with Crippen molar-refractivity contribution in [3.05, 3.63) is 108 Å². The molecule has 0 aliphatic heterocycles. The highest BCUT2D eigenvalue weighted by Gasteiger charge is 2.24. The van der Waals surface area contributed by atoms with E-state index in [-0.39, 0.29) is 71.0 Å². The van der Waals surface area contributed by atoms with E-state index in [2.05, 4.69) is 54.9 Å². The second kappa shape index (κ2) is 20.4. The summed E-state index contributed by atoms with van der Waals surface area (Å²) in [4.78, 5) is 61.0. The smallest absolute Gasteiger partial charge is 0.413 e. The zero-order chi connectivity index (χ0) is 47.7. The van der Waals surface area contributed by atoms with Crippen molar-refractivity contribution in [2.24, 2.45) is 0 Å². The third-order valence-electron chi connectivity index (χ3n) is 9.30. The van der Waals surface area contributed by atoms with Crippen molar-refractivity contribution in [2.45, 2.75) is 13.1 Å². The lowest BCUT2D eigenvalue weighted by atomic mass is 10.2. The molecule has 0 atom stereocenters. The molecule has 0 aliphatic rings. The molecule has 8 rings (SSSR count). The van der Waals surface area contributed by atoms with E-state index in [1.54, 1.807) is 96.5 Å². The minimum atomic E-state index is -0.756. The fourth-order valence-corrected chi connectivity index (χ4v) is 6.20. The second-order valence-corrected chi connectivity index (χ2v) is 14.0. The van der Waals surface area contributed by atoms with Crippen LogP contribution in [0, 0.1) is 11.6 Å². The highest BCUT2D eigenvalue weighted by molar-refractivity contribution is 5.97. The number of carbonyl (C=O) groups is 3. The largest absolute Gasteiger partial charge is 0.453 e. The number of nitrogens with zero attached hydrogens (tertiary/aromatic N) is 12. The summed E-state index contributed by atoms with van der Waals surface area (Å²) in [7, 11) is 7.26. The molecule has 0 aliphatic carbocycles. The van der Waals surface area contributed by atoms with Gasteiger partial charge < -0.3 is 37.3 Å². The van der Waals surface area contributed by atoms with Crippen molar-refractivity contribution in [1.82, 2.24) is 54.4 Å². The molecule has 0 saturated heterocycles. The Kier molecular flexibility index (Phi) is 14.3. The number of halogens is 2. The molecule has 340 valence electrons. The number of anilines is 6. The van der Waals surface area contributed by atoms with Crippen LogP contribution in [0.5, 0.6) is 0 Å². The molecular formula is C42H43F2N17O5. The van der Waals surface area contributed by atoms with Gasteiger partial charge in [0.15, 0.2) is 46.2 Å². The highest BCUT2D eigenvalue weighted by Crippen LogP contribution is 2.33. The summed E-state index contributed by atoms with van der Waals surface area (Å²) in [6, 6.07) is 19.9. The van der Waals surface area contributed by atoms with Gasteiger partial charge in [0.05, 0.1) is 38.1 Å². The van der Waals surface area contributed by atoms with Gasteiger partial charge in [0.1, 0.15) is 34.4 Å². The normalized spacial score (nSPS) is 10.6. The summed E-state index contributed by atoms with van der Waals surface area (Å²) in [6.45, 7) is 0.321. The number of methoxy groups -OCH3 is 2. The van der Waals surface area contributed by atoms with Crippen molar-refractivity contribution >= 4 is 75.3 Å². The lowest BCUT2D eigenvalue weighted by Crippen LogP contribution is -2.28. The third kappa shape index (κ3) is 10.2. The Balaban J connectivity index is 0.000000198. The van der Waals surface area contributed by atoms with E-state index >= 15 is 0 Å². The van der Waals surface area contributed by atoms with Crippen LogP contribution in [0.25, 0.3) is 45.1 Å². The van der Waals surface area contributed by atoms with Crippen LogP contribution < -0.4 is 33.2 Å². The summed E-state index contributed by atoms with van der Waals surface area (Å²) < 4.78 is 40.6. The molecule has 2 aromatic carbocycles. The minimum Gasteiger partial charge on any atom is -0.453 e. The Hall–Kier alpha value is -9.09. The van der Waals surface area contributed by atoms with Crippen molar-refractivity contribution < 1.29 is 32.6 Å². The summed E-state index contributed by atoms with van der Waals surface area (Å²) in [5, 5.41) is 12.7. The number of ether oxygens (including phenoxy) is 2. The molecule has 0 unspecified atom stereocenters. The predicted molar refractivity (Wildman–Crippen MR) is 242 cm³/mol. The fourth-order valence-electron chi connectivity index (χ4n) is 6.20. The molecule has 0 spiro atoms. The van der Waals surface area contributed by atoms with Crippen LogP contribution in [0.2, 0.25) is 0 Å². The molecule has 0 fully saturated rings. The highest BCUT2D eigenvalue weighted by atomic mass is 19.1. The van der Waals surface area contributed by atoms with Crippen molar-refractivity contribution in [3.63, 3.8) is 0 Å². The number of nitrogen functional groups attached to an aromatic ring is 4. The molecule has 3 amide bonds. The first kappa shape index (κ1) is 46.4. The Labute approximate surface area is 374 Å². The van der Waals surface area contributed by atoms with E-state index in [1.165, 1.54) is 38.3 Å². The molecule has 0 saturated carbocycles.